The largest absolute Gasteiger partial charge is 0.495 e. The van der Waals surface area contributed by atoms with E-state index in [4.69, 9.17) is 9.47 Å². The first-order valence-electron chi connectivity index (χ1n) is 6.04. The molecule has 0 atom stereocenters. The van der Waals surface area contributed by atoms with Gasteiger partial charge >= 0.3 is 0 Å². The van der Waals surface area contributed by atoms with E-state index < -0.39 is 0 Å². The highest BCUT2D eigenvalue weighted by Crippen LogP contribution is 2.28. The summed E-state index contributed by atoms with van der Waals surface area (Å²) in [5, 5.41) is 3.22. The summed E-state index contributed by atoms with van der Waals surface area (Å²) in [6.07, 6.45) is 0. The predicted octanol–water partition coefficient (Wildman–Crippen LogP) is 4.22. The van der Waals surface area contributed by atoms with E-state index in [0.29, 0.717) is 6.54 Å². The zero-order valence-electron chi connectivity index (χ0n) is 11.2. The normalized spacial score (nSPS) is 10.2. The van der Waals surface area contributed by atoms with Crippen LogP contribution in [0.25, 0.3) is 0 Å². The second-order valence-corrected chi connectivity index (χ2v) is 5.03. The third-order valence-electron chi connectivity index (χ3n) is 2.86. The van der Waals surface area contributed by atoms with Crippen molar-refractivity contribution in [3.63, 3.8) is 0 Å². The number of hydrogen-bond donors (Lipinski definition) is 1. The molecule has 0 saturated heterocycles. The minimum Gasteiger partial charge on any atom is -0.495 e. The van der Waals surface area contributed by atoms with Crippen LogP contribution in [0.3, 0.4) is 0 Å². The van der Waals surface area contributed by atoms with Gasteiger partial charge in [-0.1, -0.05) is 6.07 Å². The second kappa shape index (κ2) is 6.61. The number of halogens is 2. The Labute approximate surface area is 125 Å². The maximum atomic E-state index is 13.6. The molecule has 0 aliphatic rings. The van der Waals surface area contributed by atoms with Crippen LogP contribution in [0.4, 0.5) is 10.1 Å². The van der Waals surface area contributed by atoms with Crippen LogP contribution >= 0.6 is 15.9 Å². The molecule has 20 heavy (non-hydrogen) atoms. The van der Waals surface area contributed by atoms with Gasteiger partial charge in [-0.15, -0.1) is 0 Å². The Kier molecular flexibility index (Phi) is 4.84. The van der Waals surface area contributed by atoms with Crippen LogP contribution in [0, 0.1) is 5.82 Å². The molecule has 0 spiro atoms. The lowest BCUT2D eigenvalue weighted by atomic mass is 10.2. The van der Waals surface area contributed by atoms with Crippen molar-refractivity contribution in [3.8, 4) is 11.5 Å². The molecular formula is C15H15BrFNO2. The standard InChI is InChI=1S/C15H15BrFNO2/c1-19-14-6-3-10(7-13(14)17)9-18-11-4-5-12(16)15(8-11)20-2/h3-8,18H,9H2,1-2H3. The Balaban J connectivity index is 2.07. The average molecular weight is 340 g/mol. The molecule has 2 rings (SSSR count). The van der Waals surface area contributed by atoms with E-state index >= 15 is 0 Å². The van der Waals surface area contributed by atoms with Crippen LogP contribution in [-0.2, 0) is 6.54 Å². The first-order chi connectivity index (χ1) is 9.63. The molecule has 0 aliphatic heterocycles. The summed E-state index contributed by atoms with van der Waals surface area (Å²) in [5.41, 5.74) is 1.74. The van der Waals surface area contributed by atoms with Crippen LogP contribution in [0.15, 0.2) is 40.9 Å². The lowest BCUT2D eigenvalue weighted by Crippen LogP contribution is -2.01. The summed E-state index contributed by atoms with van der Waals surface area (Å²) >= 11 is 3.40. The van der Waals surface area contributed by atoms with Gasteiger partial charge in [-0.3, -0.25) is 0 Å². The summed E-state index contributed by atoms with van der Waals surface area (Å²) in [4.78, 5) is 0. The average Bonchev–Trinajstić information content (AvgIpc) is 2.46. The number of ether oxygens (including phenoxy) is 2. The molecule has 106 valence electrons. The Morgan fingerprint density at radius 3 is 2.45 bits per heavy atom. The molecule has 0 aliphatic carbocycles. The summed E-state index contributed by atoms with van der Waals surface area (Å²) in [5.74, 6) is 0.634. The van der Waals surface area contributed by atoms with E-state index in [-0.39, 0.29) is 11.6 Å². The fourth-order valence-electron chi connectivity index (χ4n) is 1.79. The van der Waals surface area contributed by atoms with Gasteiger partial charge in [0.2, 0.25) is 0 Å². The van der Waals surface area contributed by atoms with Crippen molar-refractivity contribution in [2.75, 3.05) is 19.5 Å². The van der Waals surface area contributed by atoms with E-state index in [1.165, 1.54) is 13.2 Å². The van der Waals surface area contributed by atoms with E-state index in [1.54, 1.807) is 13.2 Å². The summed E-state index contributed by atoms with van der Waals surface area (Å²) in [7, 11) is 3.06. The van der Waals surface area contributed by atoms with Gasteiger partial charge in [0, 0.05) is 18.3 Å². The molecule has 2 aromatic carbocycles. The Morgan fingerprint density at radius 1 is 1.05 bits per heavy atom. The van der Waals surface area contributed by atoms with E-state index in [0.717, 1.165) is 21.5 Å². The smallest absolute Gasteiger partial charge is 0.165 e. The molecule has 0 saturated carbocycles. The van der Waals surface area contributed by atoms with Gasteiger partial charge in [-0.2, -0.15) is 0 Å². The highest BCUT2D eigenvalue weighted by atomic mass is 79.9. The van der Waals surface area contributed by atoms with Crippen molar-refractivity contribution in [2.45, 2.75) is 6.54 Å². The lowest BCUT2D eigenvalue weighted by Gasteiger charge is -2.10. The van der Waals surface area contributed by atoms with Gasteiger partial charge < -0.3 is 14.8 Å². The minimum absolute atomic E-state index is 0.249. The van der Waals surface area contributed by atoms with Crippen LogP contribution in [0.5, 0.6) is 11.5 Å². The maximum absolute atomic E-state index is 13.6. The quantitative estimate of drug-likeness (QED) is 0.884. The van der Waals surface area contributed by atoms with Gasteiger partial charge in [0.1, 0.15) is 5.75 Å². The fraction of sp³-hybridized carbons (Fsp3) is 0.200. The van der Waals surface area contributed by atoms with Crippen molar-refractivity contribution in [3.05, 3.63) is 52.3 Å². The maximum Gasteiger partial charge on any atom is 0.165 e. The second-order valence-electron chi connectivity index (χ2n) is 4.17. The van der Waals surface area contributed by atoms with Crippen molar-refractivity contribution in [2.24, 2.45) is 0 Å². The number of rotatable bonds is 5. The SMILES string of the molecule is COc1ccc(CNc2ccc(Br)c(OC)c2)cc1F. The molecule has 0 heterocycles. The Hall–Kier alpha value is -1.75. The molecule has 0 aromatic heterocycles. The highest BCUT2D eigenvalue weighted by molar-refractivity contribution is 9.10. The Bertz CT molecular complexity index is 604. The molecule has 1 N–H and O–H groups in total. The minimum atomic E-state index is -0.361. The zero-order valence-corrected chi connectivity index (χ0v) is 12.8. The molecule has 0 fully saturated rings. The molecule has 0 amide bonds. The number of hydrogen-bond acceptors (Lipinski definition) is 3. The zero-order chi connectivity index (χ0) is 14.5. The van der Waals surface area contributed by atoms with Crippen LogP contribution < -0.4 is 14.8 Å². The van der Waals surface area contributed by atoms with E-state index in [1.807, 2.05) is 24.3 Å². The van der Waals surface area contributed by atoms with Gasteiger partial charge in [0.05, 0.1) is 18.7 Å². The molecule has 2 aromatic rings. The fourth-order valence-corrected chi connectivity index (χ4v) is 2.20. The Morgan fingerprint density at radius 2 is 1.80 bits per heavy atom. The number of anilines is 1. The van der Waals surface area contributed by atoms with Gasteiger partial charge in [-0.05, 0) is 45.8 Å². The monoisotopic (exact) mass is 339 g/mol. The van der Waals surface area contributed by atoms with Gasteiger partial charge in [-0.25, -0.2) is 4.39 Å². The van der Waals surface area contributed by atoms with Gasteiger partial charge in [0.15, 0.2) is 11.6 Å². The van der Waals surface area contributed by atoms with Crippen molar-refractivity contribution in [1.29, 1.82) is 0 Å². The topological polar surface area (TPSA) is 30.5 Å². The first-order valence-corrected chi connectivity index (χ1v) is 6.83. The molecule has 0 unspecified atom stereocenters. The van der Waals surface area contributed by atoms with Crippen LogP contribution in [0.1, 0.15) is 5.56 Å². The summed E-state index contributed by atoms with van der Waals surface area (Å²) in [6.45, 7) is 0.520. The molecular weight excluding hydrogens is 325 g/mol. The number of nitrogens with one attached hydrogen (secondary N) is 1. The van der Waals surface area contributed by atoms with Crippen LogP contribution in [-0.4, -0.2) is 14.2 Å². The summed E-state index contributed by atoms with van der Waals surface area (Å²) < 4.78 is 24.6. The number of methoxy groups -OCH3 is 2. The van der Waals surface area contributed by atoms with Crippen LogP contribution in [0.2, 0.25) is 0 Å². The molecule has 0 bridgehead atoms. The van der Waals surface area contributed by atoms with Crippen molar-refractivity contribution in [1.82, 2.24) is 0 Å². The highest BCUT2D eigenvalue weighted by Gasteiger charge is 2.04. The first kappa shape index (κ1) is 14.7. The van der Waals surface area contributed by atoms with Gasteiger partial charge in [0.25, 0.3) is 0 Å². The third kappa shape index (κ3) is 3.42. The number of benzene rings is 2. The summed E-state index contributed by atoms with van der Waals surface area (Å²) in [6, 6.07) is 10.6. The third-order valence-corrected chi connectivity index (χ3v) is 3.52. The predicted molar refractivity (Wildman–Crippen MR) is 81.0 cm³/mol. The molecule has 0 radical (unpaired) electrons. The van der Waals surface area contributed by atoms with E-state index in [9.17, 15) is 4.39 Å². The van der Waals surface area contributed by atoms with Crippen molar-refractivity contribution >= 4 is 21.6 Å². The van der Waals surface area contributed by atoms with E-state index in [2.05, 4.69) is 21.2 Å². The molecule has 3 nitrogen and oxygen atoms in total. The molecule has 5 heteroatoms. The van der Waals surface area contributed by atoms with Crippen molar-refractivity contribution < 1.29 is 13.9 Å². The lowest BCUT2D eigenvalue weighted by molar-refractivity contribution is 0.386.